The summed E-state index contributed by atoms with van der Waals surface area (Å²) in [4.78, 5) is 21.9. The van der Waals surface area contributed by atoms with Gasteiger partial charge in [0.15, 0.2) is 0 Å². The third-order valence-electron chi connectivity index (χ3n) is 2.68. The Morgan fingerprint density at radius 3 is 2.68 bits per heavy atom. The highest BCUT2D eigenvalue weighted by molar-refractivity contribution is 7.99. The number of hydrogen-bond donors (Lipinski definition) is 2. The van der Waals surface area contributed by atoms with Crippen molar-refractivity contribution in [1.29, 1.82) is 0 Å². The molecule has 25 heavy (non-hydrogen) atoms. The minimum Gasteiger partial charge on any atom is -0.335 e. The second-order valence-electron chi connectivity index (χ2n) is 4.43. The number of halogens is 4. The van der Waals surface area contributed by atoms with Crippen molar-refractivity contribution in [2.24, 2.45) is 0 Å². The number of carbonyl (C=O) groups excluding carboxylic acids is 1. The smallest absolute Gasteiger partial charge is 0.335 e. The van der Waals surface area contributed by atoms with Gasteiger partial charge in [0, 0.05) is 11.8 Å². The quantitative estimate of drug-likeness (QED) is 0.343. The normalized spacial score (nSPS) is 11.4. The first-order valence-corrected chi connectivity index (χ1v) is 7.60. The summed E-state index contributed by atoms with van der Waals surface area (Å²) in [5.74, 6) is 2.84. The van der Waals surface area contributed by atoms with Gasteiger partial charge in [-0.2, -0.15) is 13.2 Å². The number of aromatic nitrogens is 3. The molecule has 0 unspecified atom stereocenters. The summed E-state index contributed by atoms with van der Waals surface area (Å²) >= 11 is 6.26. The number of amides is 1. The van der Waals surface area contributed by atoms with E-state index in [9.17, 15) is 28.1 Å². The summed E-state index contributed by atoms with van der Waals surface area (Å²) in [6.07, 6.45) is -4.77. The number of hydrogen-bond acceptors (Lipinski definition) is 7. The Balaban J connectivity index is 2.01. The molecule has 1 heterocycles. The fraction of sp³-hybridized carbons (Fsp3) is 0.182. The van der Waals surface area contributed by atoms with Crippen molar-refractivity contribution in [2.45, 2.75) is 11.3 Å². The fourth-order valence-corrected chi connectivity index (χ4v) is 2.47. The van der Waals surface area contributed by atoms with Crippen LogP contribution in [0.15, 0.2) is 23.4 Å². The van der Waals surface area contributed by atoms with Gasteiger partial charge in [-0.25, -0.2) is 4.68 Å². The van der Waals surface area contributed by atoms with Crippen molar-refractivity contribution >= 4 is 40.6 Å². The summed E-state index contributed by atoms with van der Waals surface area (Å²) in [6.45, 7) is 0. The van der Waals surface area contributed by atoms with Crippen LogP contribution in [0.25, 0.3) is 0 Å². The fourth-order valence-electron chi connectivity index (χ4n) is 1.63. The van der Waals surface area contributed by atoms with Crippen LogP contribution in [0, 0.1) is 10.1 Å². The number of rotatable bonds is 5. The van der Waals surface area contributed by atoms with Crippen LogP contribution in [0.3, 0.4) is 0 Å². The molecule has 3 N–H and O–H groups in total. The largest absolute Gasteiger partial charge is 0.453 e. The van der Waals surface area contributed by atoms with Gasteiger partial charge in [0.25, 0.3) is 11.5 Å². The Morgan fingerprint density at radius 1 is 1.44 bits per heavy atom. The van der Waals surface area contributed by atoms with Gasteiger partial charge in [0.1, 0.15) is 5.02 Å². The van der Waals surface area contributed by atoms with E-state index in [0.29, 0.717) is 11.8 Å². The van der Waals surface area contributed by atoms with Crippen LogP contribution in [0.1, 0.15) is 5.82 Å². The highest BCUT2D eigenvalue weighted by Crippen LogP contribution is 2.29. The third kappa shape index (κ3) is 4.51. The number of anilines is 1. The zero-order chi connectivity index (χ0) is 18.8. The van der Waals surface area contributed by atoms with E-state index in [1.54, 1.807) is 0 Å². The first kappa shape index (κ1) is 18.8. The van der Waals surface area contributed by atoms with E-state index in [1.807, 2.05) is 0 Å². The SMILES string of the molecule is Nn1c(SCC(=O)Nc2ccc(Cl)c([N+](=O)[O-])c2)nnc1C(F)(F)F. The van der Waals surface area contributed by atoms with Crippen molar-refractivity contribution in [3.05, 3.63) is 39.2 Å². The Morgan fingerprint density at radius 2 is 2.12 bits per heavy atom. The number of nitrogens with one attached hydrogen (secondary N) is 1. The standard InChI is InChI=1S/C11H8ClF3N6O3S/c12-6-2-1-5(3-7(6)21(23)24)17-8(22)4-25-10-19-18-9(20(10)16)11(13,14)15/h1-3H,4,16H2,(H,17,22). The molecular formula is C11H8ClF3N6O3S. The lowest BCUT2D eigenvalue weighted by molar-refractivity contribution is -0.384. The van der Waals surface area contributed by atoms with Crippen LogP contribution in [0.2, 0.25) is 5.02 Å². The van der Waals surface area contributed by atoms with Crippen LogP contribution in [0.4, 0.5) is 24.5 Å². The molecule has 134 valence electrons. The Bertz CT molecular complexity index is 828. The number of benzene rings is 1. The van der Waals surface area contributed by atoms with Crippen molar-refractivity contribution in [1.82, 2.24) is 14.9 Å². The van der Waals surface area contributed by atoms with Gasteiger partial charge in [-0.05, 0) is 12.1 Å². The molecule has 0 aliphatic heterocycles. The third-order valence-corrected chi connectivity index (χ3v) is 3.94. The second kappa shape index (κ2) is 7.14. The minimum atomic E-state index is -4.77. The first-order valence-electron chi connectivity index (χ1n) is 6.24. The number of nitrogens with two attached hydrogens (primary N) is 1. The van der Waals surface area contributed by atoms with E-state index < -0.39 is 28.5 Å². The summed E-state index contributed by atoms with van der Waals surface area (Å²) in [6, 6.07) is 3.62. The zero-order valence-electron chi connectivity index (χ0n) is 12.0. The minimum absolute atomic E-state index is 0.103. The number of nitrogens with zero attached hydrogens (tertiary/aromatic N) is 4. The topological polar surface area (TPSA) is 129 Å². The lowest BCUT2D eigenvalue weighted by Crippen LogP contribution is -2.22. The van der Waals surface area contributed by atoms with Crippen LogP contribution < -0.4 is 11.2 Å². The van der Waals surface area contributed by atoms with Gasteiger partial charge in [0.2, 0.25) is 11.1 Å². The number of nitro groups is 1. The van der Waals surface area contributed by atoms with Crippen LogP contribution in [0.5, 0.6) is 0 Å². The number of thioether (sulfide) groups is 1. The van der Waals surface area contributed by atoms with Crippen LogP contribution in [-0.2, 0) is 11.0 Å². The van der Waals surface area contributed by atoms with E-state index in [0.717, 1.165) is 6.07 Å². The molecule has 0 aliphatic rings. The molecule has 0 saturated heterocycles. The monoisotopic (exact) mass is 396 g/mol. The summed E-state index contributed by atoms with van der Waals surface area (Å²) in [7, 11) is 0. The molecule has 0 saturated carbocycles. The lowest BCUT2D eigenvalue weighted by Gasteiger charge is -2.07. The Hall–Kier alpha value is -2.54. The van der Waals surface area contributed by atoms with Crippen molar-refractivity contribution in [3.63, 3.8) is 0 Å². The maximum Gasteiger partial charge on any atom is 0.453 e. The molecular weight excluding hydrogens is 389 g/mol. The predicted octanol–water partition coefficient (Wildman–Crippen LogP) is 2.30. The first-order chi connectivity index (χ1) is 11.6. The predicted molar refractivity (Wildman–Crippen MR) is 82.6 cm³/mol. The highest BCUT2D eigenvalue weighted by atomic mass is 35.5. The van der Waals surface area contributed by atoms with Gasteiger partial charge < -0.3 is 11.2 Å². The molecule has 9 nitrogen and oxygen atoms in total. The number of nitrogen functional groups attached to an aromatic ring is 1. The molecule has 0 bridgehead atoms. The molecule has 1 aromatic heterocycles. The molecule has 0 fully saturated rings. The number of carbonyl (C=O) groups is 1. The zero-order valence-corrected chi connectivity index (χ0v) is 13.5. The number of alkyl halides is 3. The summed E-state index contributed by atoms with van der Waals surface area (Å²) in [5.41, 5.74) is -0.296. The molecule has 1 amide bonds. The Labute approximate surface area is 146 Å². The maximum atomic E-state index is 12.5. The average Bonchev–Trinajstić information content (AvgIpc) is 2.88. The lowest BCUT2D eigenvalue weighted by atomic mass is 10.3. The van der Waals surface area contributed by atoms with E-state index in [4.69, 9.17) is 17.4 Å². The van der Waals surface area contributed by atoms with Crippen LogP contribution >= 0.6 is 23.4 Å². The van der Waals surface area contributed by atoms with Crippen molar-refractivity contribution in [2.75, 3.05) is 16.9 Å². The van der Waals surface area contributed by atoms with Gasteiger partial charge in [0.05, 0.1) is 10.7 Å². The summed E-state index contributed by atoms with van der Waals surface area (Å²) < 4.78 is 37.8. The van der Waals surface area contributed by atoms with Crippen LogP contribution in [-0.4, -0.2) is 31.5 Å². The molecule has 14 heteroatoms. The van der Waals surface area contributed by atoms with E-state index in [1.165, 1.54) is 12.1 Å². The van der Waals surface area contributed by atoms with Gasteiger partial charge in [-0.15, -0.1) is 10.2 Å². The van der Waals surface area contributed by atoms with Gasteiger partial charge in [-0.1, -0.05) is 23.4 Å². The maximum absolute atomic E-state index is 12.5. The van der Waals surface area contributed by atoms with Gasteiger partial charge in [-0.3, -0.25) is 14.9 Å². The molecule has 2 aromatic rings. The molecule has 0 spiro atoms. The second-order valence-corrected chi connectivity index (χ2v) is 5.78. The highest BCUT2D eigenvalue weighted by Gasteiger charge is 2.38. The Kier molecular flexibility index (Phi) is 5.37. The molecule has 0 aliphatic carbocycles. The summed E-state index contributed by atoms with van der Waals surface area (Å²) in [5, 5.41) is 18.9. The van der Waals surface area contributed by atoms with E-state index in [-0.39, 0.29) is 26.3 Å². The molecule has 2 rings (SSSR count). The van der Waals surface area contributed by atoms with Crippen molar-refractivity contribution in [3.8, 4) is 0 Å². The molecule has 0 atom stereocenters. The van der Waals surface area contributed by atoms with Crippen molar-refractivity contribution < 1.29 is 22.9 Å². The number of nitro benzene ring substituents is 1. The van der Waals surface area contributed by atoms with E-state index in [2.05, 4.69) is 15.5 Å². The van der Waals surface area contributed by atoms with E-state index >= 15 is 0 Å². The van der Waals surface area contributed by atoms with Gasteiger partial charge >= 0.3 is 6.18 Å². The average molecular weight is 397 g/mol. The molecule has 0 radical (unpaired) electrons. The molecule has 1 aromatic carbocycles.